The van der Waals surface area contributed by atoms with Crippen LogP contribution in [0.1, 0.15) is 38.3 Å². The number of esters is 1. The molecule has 0 radical (unpaired) electrons. The minimum absolute atomic E-state index is 0.166. The molecule has 7 nitrogen and oxygen atoms in total. The van der Waals surface area contributed by atoms with Crippen LogP contribution in [-0.2, 0) is 9.53 Å². The van der Waals surface area contributed by atoms with Crippen LogP contribution in [-0.4, -0.2) is 25.4 Å². The molecule has 2 heterocycles. The molecule has 24 heavy (non-hydrogen) atoms. The number of carbonyl (C=O) groups is 2. The molecule has 0 spiro atoms. The van der Waals surface area contributed by atoms with Crippen molar-refractivity contribution in [3.63, 3.8) is 0 Å². The molecular formula is C17H20N2O5. The fraction of sp³-hybridized carbons (Fsp3) is 0.412. The average Bonchev–Trinajstić information content (AvgIpc) is 3.02. The molecule has 1 atom stereocenters. The van der Waals surface area contributed by atoms with E-state index in [0.717, 1.165) is 12.0 Å². The zero-order valence-electron chi connectivity index (χ0n) is 13.7. The molecule has 2 amide bonds. The van der Waals surface area contributed by atoms with Crippen LogP contribution < -0.4 is 20.1 Å². The Labute approximate surface area is 140 Å². The number of allylic oxidation sites excluding steroid dienone is 1. The predicted molar refractivity (Wildman–Crippen MR) is 85.5 cm³/mol. The minimum Gasteiger partial charge on any atom is -0.463 e. The molecular weight excluding hydrogens is 312 g/mol. The summed E-state index contributed by atoms with van der Waals surface area (Å²) in [6, 6.07) is 4.44. The standard InChI is InChI=1S/C17H20N2O5/c1-3-5-11-14(16(20)22-4-2)15(19-17(21)18-11)10-6-7-12-13(8-10)24-9-23-12/h6-8,15H,3-5,9H2,1-2H3,(H2,18,19,21). The third kappa shape index (κ3) is 3.02. The fourth-order valence-corrected chi connectivity index (χ4v) is 2.86. The van der Waals surface area contributed by atoms with Gasteiger partial charge in [-0.3, -0.25) is 0 Å². The van der Waals surface area contributed by atoms with Crippen LogP contribution in [0.3, 0.4) is 0 Å². The number of benzene rings is 1. The summed E-state index contributed by atoms with van der Waals surface area (Å²) in [7, 11) is 0. The number of fused-ring (bicyclic) bond motifs is 1. The van der Waals surface area contributed by atoms with Gasteiger partial charge in [0, 0.05) is 5.70 Å². The summed E-state index contributed by atoms with van der Waals surface area (Å²) in [5, 5.41) is 5.53. The van der Waals surface area contributed by atoms with Crippen molar-refractivity contribution in [2.24, 2.45) is 0 Å². The van der Waals surface area contributed by atoms with Gasteiger partial charge in [-0.05, 0) is 31.0 Å². The maximum atomic E-state index is 12.5. The highest BCUT2D eigenvalue weighted by molar-refractivity contribution is 5.95. The van der Waals surface area contributed by atoms with Gasteiger partial charge >= 0.3 is 12.0 Å². The van der Waals surface area contributed by atoms with Crippen molar-refractivity contribution in [1.82, 2.24) is 10.6 Å². The summed E-state index contributed by atoms with van der Waals surface area (Å²) in [6.07, 6.45) is 1.38. The summed E-state index contributed by atoms with van der Waals surface area (Å²) >= 11 is 0. The first kappa shape index (κ1) is 16.2. The van der Waals surface area contributed by atoms with Gasteiger partial charge in [-0.2, -0.15) is 0 Å². The average molecular weight is 332 g/mol. The third-order valence-electron chi connectivity index (χ3n) is 3.88. The van der Waals surface area contributed by atoms with Crippen LogP contribution in [0.4, 0.5) is 4.79 Å². The Hall–Kier alpha value is -2.70. The van der Waals surface area contributed by atoms with Crippen LogP contribution in [0.25, 0.3) is 0 Å². The van der Waals surface area contributed by atoms with Crippen molar-refractivity contribution in [3.05, 3.63) is 35.0 Å². The lowest BCUT2D eigenvalue weighted by Gasteiger charge is -2.29. The van der Waals surface area contributed by atoms with E-state index in [1.54, 1.807) is 19.1 Å². The Bertz CT molecular complexity index is 698. The van der Waals surface area contributed by atoms with Gasteiger partial charge in [0.25, 0.3) is 0 Å². The number of hydrogen-bond acceptors (Lipinski definition) is 5. The SMILES string of the molecule is CCCC1=C(C(=O)OCC)C(c2ccc3c(c2)OCO3)NC(=O)N1. The van der Waals surface area contributed by atoms with Gasteiger partial charge in [0.1, 0.15) is 0 Å². The summed E-state index contributed by atoms with van der Waals surface area (Å²) in [5.74, 6) is 0.811. The van der Waals surface area contributed by atoms with Gasteiger partial charge in [0.2, 0.25) is 6.79 Å². The van der Waals surface area contributed by atoms with Crippen molar-refractivity contribution in [2.75, 3.05) is 13.4 Å². The normalized spacial score (nSPS) is 18.9. The smallest absolute Gasteiger partial charge is 0.338 e. The van der Waals surface area contributed by atoms with Crippen molar-refractivity contribution in [2.45, 2.75) is 32.7 Å². The van der Waals surface area contributed by atoms with Crippen molar-refractivity contribution in [1.29, 1.82) is 0 Å². The highest BCUT2D eigenvalue weighted by Gasteiger charge is 2.34. The van der Waals surface area contributed by atoms with Crippen LogP contribution in [0.2, 0.25) is 0 Å². The molecule has 128 valence electrons. The summed E-state index contributed by atoms with van der Waals surface area (Å²) < 4.78 is 15.9. The first-order valence-electron chi connectivity index (χ1n) is 8.01. The largest absolute Gasteiger partial charge is 0.463 e. The lowest BCUT2D eigenvalue weighted by Crippen LogP contribution is -2.46. The quantitative estimate of drug-likeness (QED) is 0.809. The molecule has 3 rings (SSSR count). The summed E-state index contributed by atoms with van der Waals surface area (Å²) in [4.78, 5) is 24.5. The van der Waals surface area contributed by atoms with Crippen LogP contribution >= 0.6 is 0 Å². The second kappa shape index (κ2) is 6.82. The van der Waals surface area contributed by atoms with Gasteiger partial charge in [-0.25, -0.2) is 9.59 Å². The Morgan fingerprint density at radius 1 is 1.29 bits per heavy atom. The van der Waals surface area contributed by atoms with Crippen molar-refractivity contribution < 1.29 is 23.8 Å². The van der Waals surface area contributed by atoms with E-state index in [1.807, 2.05) is 13.0 Å². The van der Waals surface area contributed by atoms with Gasteiger partial charge in [-0.15, -0.1) is 0 Å². The van der Waals surface area contributed by atoms with E-state index in [4.69, 9.17) is 14.2 Å². The third-order valence-corrected chi connectivity index (χ3v) is 3.88. The topological polar surface area (TPSA) is 85.9 Å². The Morgan fingerprint density at radius 3 is 2.83 bits per heavy atom. The number of nitrogens with one attached hydrogen (secondary N) is 2. The van der Waals surface area contributed by atoms with E-state index in [-0.39, 0.29) is 19.4 Å². The van der Waals surface area contributed by atoms with Crippen LogP contribution in [0, 0.1) is 0 Å². The van der Waals surface area contributed by atoms with E-state index in [0.29, 0.717) is 29.2 Å². The van der Waals surface area contributed by atoms with Crippen LogP contribution in [0.15, 0.2) is 29.5 Å². The predicted octanol–water partition coefficient (Wildman–Crippen LogP) is 2.39. The van der Waals surface area contributed by atoms with Crippen LogP contribution in [0.5, 0.6) is 11.5 Å². The monoisotopic (exact) mass is 332 g/mol. The molecule has 1 aromatic rings. The minimum atomic E-state index is -0.589. The van der Waals surface area contributed by atoms with Crippen molar-refractivity contribution >= 4 is 12.0 Å². The molecule has 0 aliphatic carbocycles. The number of rotatable bonds is 5. The molecule has 7 heteroatoms. The molecule has 0 fully saturated rings. The molecule has 2 aliphatic rings. The van der Waals surface area contributed by atoms with E-state index >= 15 is 0 Å². The first-order valence-corrected chi connectivity index (χ1v) is 8.01. The van der Waals surface area contributed by atoms with Crippen molar-refractivity contribution in [3.8, 4) is 11.5 Å². The zero-order valence-corrected chi connectivity index (χ0v) is 13.7. The molecule has 2 N–H and O–H groups in total. The highest BCUT2D eigenvalue weighted by atomic mass is 16.7. The molecule has 0 bridgehead atoms. The number of hydrogen-bond donors (Lipinski definition) is 2. The number of ether oxygens (including phenoxy) is 3. The molecule has 1 aromatic carbocycles. The number of carbonyl (C=O) groups excluding carboxylic acids is 2. The molecule has 0 saturated carbocycles. The molecule has 0 aromatic heterocycles. The van der Waals surface area contributed by atoms with E-state index in [2.05, 4.69) is 10.6 Å². The molecule has 1 unspecified atom stereocenters. The lowest BCUT2D eigenvalue weighted by atomic mass is 9.93. The highest BCUT2D eigenvalue weighted by Crippen LogP contribution is 2.37. The van der Waals surface area contributed by atoms with E-state index in [9.17, 15) is 9.59 Å². The Kier molecular flexibility index (Phi) is 4.59. The number of amides is 2. The Balaban J connectivity index is 2.03. The van der Waals surface area contributed by atoms with E-state index < -0.39 is 12.0 Å². The second-order valence-corrected chi connectivity index (χ2v) is 5.51. The van der Waals surface area contributed by atoms with E-state index in [1.165, 1.54) is 0 Å². The van der Waals surface area contributed by atoms with Gasteiger partial charge in [0.15, 0.2) is 11.5 Å². The lowest BCUT2D eigenvalue weighted by molar-refractivity contribution is -0.139. The van der Waals surface area contributed by atoms with Gasteiger partial charge < -0.3 is 24.8 Å². The molecule has 2 aliphatic heterocycles. The number of urea groups is 1. The second-order valence-electron chi connectivity index (χ2n) is 5.51. The summed E-state index contributed by atoms with van der Waals surface area (Å²) in [5.41, 5.74) is 1.77. The zero-order chi connectivity index (χ0) is 17.1. The maximum absolute atomic E-state index is 12.5. The Morgan fingerprint density at radius 2 is 2.08 bits per heavy atom. The molecule has 0 saturated heterocycles. The maximum Gasteiger partial charge on any atom is 0.338 e. The van der Waals surface area contributed by atoms with Gasteiger partial charge in [0.05, 0.1) is 18.2 Å². The first-order chi connectivity index (χ1) is 11.6. The fourth-order valence-electron chi connectivity index (χ4n) is 2.86. The van der Waals surface area contributed by atoms with Gasteiger partial charge in [-0.1, -0.05) is 19.4 Å². The summed E-state index contributed by atoms with van der Waals surface area (Å²) in [6.45, 7) is 4.17.